The lowest BCUT2D eigenvalue weighted by molar-refractivity contribution is 0.0525. The first-order chi connectivity index (χ1) is 13.1. The van der Waals surface area contributed by atoms with Gasteiger partial charge >= 0.3 is 5.97 Å². The van der Waals surface area contributed by atoms with E-state index < -0.39 is 0 Å². The number of hydrogen-bond donors (Lipinski definition) is 0. The molecule has 0 fully saturated rings. The van der Waals surface area contributed by atoms with Gasteiger partial charge in [-0.05, 0) is 31.5 Å². The van der Waals surface area contributed by atoms with Crippen LogP contribution in [0.25, 0.3) is 5.82 Å². The van der Waals surface area contributed by atoms with Gasteiger partial charge in [-0.2, -0.15) is 5.10 Å². The van der Waals surface area contributed by atoms with Gasteiger partial charge in [0, 0.05) is 18.0 Å². The standard InChI is InChI=1S/C19H20N4O3S/c1-4-26-19(24)16-10-23(22-13(16)2)17-9-18(21-12-20-17)27-11-14-6-5-7-15(8-14)25-3/h5-10,12H,4,11H2,1-3H3. The van der Waals surface area contributed by atoms with Gasteiger partial charge in [-0.1, -0.05) is 12.1 Å². The fourth-order valence-electron chi connectivity index (χ4n) is 2.44. The first-order valence-electron chi connectivity index (χ1n) is 8.42. The number of rotatable bonds is 7. The number of esters is 1. The number of hydrogen-bond acceptors (Lipinski definition) is 7. The number of thioether (sulfide) groups is 1. The van der Waals surface area contributed by atoms with Crippen LogP contribution in [-0.2, 0) is 10.5 Å². The van der Waals surface area contributed by atoms with Crippen molar-refractivity contribution in [3.63, 3.8) is 0 Å². The number of nitrogens with zero attached hydrogens (tertiary/aromatic N) is 4. The minimum atomic E-state index is -0.386. The molecule has 0 bridgehead atoms. The fraction of sp³-hybridized carbons (Fsp3) is 0.263. The van der Waals surface area contributed by atoms with Crippen molar-refractivity contribution in [2.45, 2.75) is 24.6 Å². The van der Waals surface area contributed by atoms with Crippen molar-refractivity contribution in [3.05, 3.63) is 59.7 Å². The van der Waals surface area contributed by atoms with Crippen LogP contribution in [0.2, 0.25) is 0 Å². The summed E-state index contributed by atoms with van der Waals surface area (Å²) in [7, 11) is 1.65. The van der Waals surface area contributed by atoms with Crippen LogP contribution in [0.15, 0.2) is 47.9 Å². The molecule has 0 saturated carbocycles. The Bertz CT molecular complexity index is 942. The lowest BCUT2D eigenvalue weighted by Crippen LogP contribution is -2.04. The van der Waals surface area contributed by atoms with Crippen molar-refractivity contribution >= 4 is 17.7 Å². The molecule has 140 valence electrons. The summed E-state index contributed by atoms with van der Waals surface area (Å²) in [5.41, 5.74) is 2.16. The molecular weight excluding hydrogens is 364 g/mol. The second-order valence-corrected chi connectivity index (χ2v) is 6.64. The van der Waals surface area contributed by atoms with Crippen LogP contribution in [-0.4, -0.2) is 39.4 Å². The molecule has 0 unspecified atom stereocenters. The first-order valence-corrected chi connectivity index (χ1v) is 9.40. The summed E-state index contributed by atoms with van der Waals surface area (Å²) < 4.78 is 11.9. The molecule has 0 aliphatic carbocycles. The average molecular weight is 384 g/mol. The molecule has 27 heavy (non-hydrogen) atoms. The number of ether oxygens (including phenoxy) is 2. The molecule has 7 nitrogen and oxygen atoms in total. The van der Waals surface area contributed by atoms with Crippen LogP contribution in [0, 0.1) is 6.92 Å². The molecule has 0 aliphatic rings. The molecule has 0 spiro atoms. The van der Waals surface area contributed by atoms with Gasteiger partial charge in [-0.15, -0.1) is 11.8 Å². The van der Waals surface area contributed by atoms with Crippen molar-refractivity contribution in [2.24, 2.45) is 0 Å². The first kappa shape index (κ1) is 18.9. The van der Waals surface area contributed by atoms with E-state index in [-0.39, 0.29) is 5.97 Å². The van der Waals surface area contributed by atoms with Gasteiger partial charge in [0.15, 0.2) is 5.82 Å². The molecule has 2 heterocycles. The highest BCUT2D eigenvalue weighted by Gasteiger charge is 2.15. The van der Waals surface area contributed by atoms with Crippen LogP contribution in [0.4, 0.5) is 0 Å². The highest BCUT2D eigenvalue weighted by atomic mass is 32.2. The molecule has 0 atom stereocenters. The van der Waals surface area contributed by atoms with E-state index >= 15 is 0 Å². The lowest BCUT2D eigenvalue weighted by Gasteiger charge is -2.05. The lowest BCUT2D eigenvalue weighted by atomic mass is 10.2. The number of aromatic nitrogens is 4. The number of carbonyl (C=O) groups is 1. The third-order valence-electron chi connectivity index (χ3n) is 3.78. The van der Waals surface area contributed by atoms with Gasteiger partial charge in [0.25, 0.3) is 0 Å². The third-order valence-corrected chi connectivity index (χ3v) is 4.77. The predicted octanol–water partition coefficient (Wildman–Crippen LogP) is 3.45. The van der Waals surface area contributed by atoms with Gasteiger partial charge in [0.1, 0.15) is 22.7 Å². The molecule has 0 saturated heterocycles. The summed E-state index contributed by atoms with van der Waals surface area (Å²) in [6.07, 6.45) is 3.12. The number of aryl methyl sites for hydroxylation is 1. The Morgan fingerprint density at radius 1 is 1.26 bits per heavy atom. The molecule has 3 aromatic rings. The number of benzene rings is 1. The van der Waals surface area contributed by atoms with Gasteiger partial charge < -0.3 is 9.47 Å². The van der Waals surface area contributed by atoms with Crippen LogP contribution in [0.1, 0.15) is 28.5 Å². The van der Waals surface area contributed by atoms with Gasteiger partial charge in [0.2, 0.25) is 0 Å². The second kappa shape index (κ2) is 8.68. The Labute approximate surface area is 161 Å². The smallest absolute Gasteiger partial charge is 0.341 e. The quantitative estimate of drug-likeness (QED) is 0.351. The van der Waals surface area contributed by atoms with E-state index in [0.717, 1.165) is 22.1 Å². The van der Waals surface area contributed by atoms with Gasteiger partial charge in [-0.3, -0.25) is 0 Å². The molecule has 0 N–H and O–H groups in total. The largest absolute Gasteiger partial charge is 0.497 e. The molecule has 8 heteroatoms. The molecule has 3 rings (SSSR count). The third kappa shape index (κ3) is 4.65. The van der Waals surface area contributed by atoms with Gasteiger partial charge in [-0.25, -0.2) is 19.4 Å². The number of carbonyl (C=O) groups excluding carboxylic acids is 1. The normalized spacial score (nSPS) is 10.6. The second-order valence-electron chi connectivity index (χ2n) is 5.65. The predicted molar refractivity (Wildman–Crippen MR) is 102 cm³/mol. The SMILES string of the molecule is CCOC(=O)c1cn(-c2cc(SCc3cccc(OC)c3)ncn2)nc1C. The fourth-order valence-corrected chi connectivity index (χ4v) is 3.24. The monoisotopic (exact) mass is 384 g/mol. The maximum Gasteiger partial charge on any atom is 0.341 e. The zero-order valence-corrected chi connectivity index (χ0v) is 16.2. The summed E-state index contributed by atoms with van der Waals surface area (Å²) in [6.45, 7) is 3.86. The molecule has 1 aromatic carbocycles. The molecule has 0 radical (unpaired) electrons. The van der Waals surface area contributed by atoms with Crippen LogP contribution in [0.3, 0.4) is 0 Å². The topological polar surface area (TPSA) is 79.1 Å². The van der Waals surface area contributed by atoms with E-state index in [1.807, 2.05) is 30.3 Å². The summed E-state index contributed by atoms with van der Waals surface area (Å²) in [5.74, 6) is 1.79. The van der Waals surface area contributed by atoms with Crippen LogP contribution < -0.4 is 4.74 Å². The minimum absolute atomic E-state index is 0.321. The van der Waals surface area contributed by atoms with E-state index in [4.69, 9.17) is 9.47 Å². The molecule has 0 aliphatic heterocycles. The summed E-state index contributed by atoms with van der Waals surface area (Å²) >= 11 is 1.59. The van der Waals surface area contributed by atoms with Crippen LogP contribution in [0.5, 0.6) is 5.75 Å². The highest BCUT2D eigenvalue weighted by Crippen LogP contribution is 2.24. The average Bonchev–Trinajstić information content (AvgIpc) is 3.09. The van der Waals surface area contributed by atoms with E-state index in [1.165, 1.54) is 6.33 Å². The van der Waals surface area contributed by atoms with Crippen molar-refractivity contribution < 1.29 is 14.3 Å². The highest BCUT2D eigenvalue weighted by molar-refractivity contribution is 7.98. The van der Waals surface area contributed by atoms with Crippen molar-refractivity contribution in [3.8, 4) is 11.6 Å². The van der Waals surface area contributed by atoms with Crippen molar-refractivity contribution in [2.75, 3.05) is 13.7 Å². The Kier molecular flexibility index (Phi) is 6.08. The Morgan fingerprint density at radius 3 is 2.89 bits per heavy atom. The van der Waals surface area contributed by atoms with E-state index in [0.29, 0.717) is 23.7 Å². The van der Waals surface area contributed by atoms with Crippen molar-refractivity contribution in [1.82, 2.24) is 19.7 Å². The van der Waals surface area contributed by atoms with E-state index in [2.05, 4.69) is 15.1 Å². The van der Waals surface area contributed by atoms with Crippen molar-refractivity contribution in [1.29, 1.82) is 0 Å². The zero-order valence-electron chi connectivity index (χ0n) is 15.4. The van der Waals surface area contributed by atoms with E-state index in [9.17, 15) is 4.79 Å². The number of methoxy groups -OCH3 is 1. The summed E-state index contributed by atoms with van der Waals surface area (Å²) in [4.78, 5) is 20.5. The Morgan fingerprint density at radius 2 is 2.11 bits per heavy atom. The molecule has 0 amide bonds. The Balaban J connectivity index is 1.75. The molecular formula is C19H20N4O3S. The maximum atomic E-state index is 12.0. The summed E-state index contributed by atoms with van der Waals surface area (Å²) in [5, 5.41) is 5.18. The van der Waals surface area contributed by atoms with Crippen LogP contribution >= 0.6 is 11.8 Å². The summed E-state index contributed by atoms with van der Waals surface area (Å²) in [6, 6.07) is 9.76. The Hall–Kier alpha value is -2.87. The van der Waals surface area contributed by atoms with E-state index in [1.54, 1.807) is 43.6 Å². The minimum Gasteiger partial charge on any atom is -0.497 e. The molecule has 2 aromatic heterocycles. The van der Waals surface area contributed by atoms with Gasteiger partial charge in [0.05, 0.1) is 19.4 Å². The maximum absolute atomic E-state index is 12.0. The zero-order chi connectivity index (χ0) is 19.2.